The van der Waals surface area contributed by atoms with Crippen molar-refractivity contribution in [2.45, 2.75) is 51.6 Å². The van der Waals surface area contributed by atoms with E-state index in [4.69, 9.17) is 0 Å². The average Bonchev–Trinajstić information content (AvgIpc) is 2.14. The van der Waals surface area contributed by atoms with Crippen molar-refractivity contribution in [1.82, 2.24) is 0 Å². The van der Waals surface area contributed by atoms with Crippen molar-refractivity contribution in [1.29, 1.82) is 0 Å². The quantitative estimate of drug-likeness (QED) is 0.711. The molecule has 0 aromatic rings. The lowest BCUT2D eigenvalue weighted by atomic mass is 9.80. The fourth-order valence-corrected chi connectivity index (χ4v) is 2.05. The Morgan fingerprint density at radius 2 is 1.73 bits per heavy atom. The zero-order valence-corrected chi connectivity index (χ0v) is 8.94. The van der Waals surface area contributed by atoms with Crippen LogP contribution in [0.15, 0.2) is 0 Å². The van der Waals surface area contributed by atoms with Crippen molar-refractivity contribution in [3.63, 3.8) is 0 Å². The number of hydrogen-bond donors (Lipinski definition) is 0. The van der Waals surface area contributed by atoms with Gasteiger partial charge in [-0.25, -0.2) is 0 Å². The Morgan fingerprint density at radius 1 is 1.20 bits per heavy atom. The molecule has 0 aromatic heterocycles. The van der Waals surface area contributed by atoms with Crippen molar-refractivity contribution in [3.8, 4) is 0 Å². The Balaban J connectivity index is 2.29. The van der Waals surface area contributed by atoms with Crippen LogP contribution in [-0.4, -0.2) is 12.0 Å². The Morgan fingerprint density at radius 3 is 2.20 bits per heavy atom. The predicted octanol–water partition coefficient (Wildman–Crippen LogP) is 3.72. The summed E-state index contributed by atoms with van der Waals surface area (Å²) in [6, 6.07) is 0. The number of hydrogen-bond acceptors (Lipinski definition) is 1. The van der Waals surface area contributed by atoms with Crippen LogP contribution in [0, 0.1) is 11.8 Å². The largest absolute Gasteiger partial charge is 0.389 e. The molecule has 88 valence electrons. The van der Waals surface area contributed by atoms with Gasteiger partial charge in [-0.3, -0.25) is 4.79 Å². The SMILES string of the molecule is CC1CCC(C(=O)CCC(F)(F)F)CC1. The maximum absolute atomic E-state index is 11.9. The summed E-state index contributed by atoms with van der Waals surface area (Å²) in [6.07, 6.45) is -1.99. The molecule has 1 aliphatic rings. The fourth-order valence-electron chi connectivity index (χ4n) is 2.05. The van der Waals surface area contributed by atoms with Crippen LogP contribution in [0.5, 0.6) is 0 Å². The van der Waals surface area contributed by atoms with Gasteiger partial charge in [0.25, 0.3) is 0 Å². The second-order valence-corrected chi connectivity index (χ2v) is 4.54. The highest BCUT2D eigenvalue weighted by atomic mass is 19.4. The number of carbonyl (C=O) groups excluding carboxylic acids is 1. The number of ketones is 1. The second kappa shape index (κ2) is 4.99. The van der Waals surface area contributed by atoms with Crippen LogP contribution in [0.2, 0.25) is 0 Å². The highest BCUT2D eigenvalue weighted by molar-refractivity contribution is 5.81. The molecule has 15 heavy (non-hydrogen) atoms. The lowest BCUT2D eigenvalue weighted by Gasteiger charge is -2.25. The highest BCUT2D eigenvalue weighted by Gasteiger charge is 2.30. The molecule has 0 bridgehead atoms. The van der Waals surface area contributed by atoms with Crippen molar-refractivity contribution in [2.75, 3.05) is 0 Å². The average molecular weight is 222 g/mol. The second-order valence-electron chi connectivity index (χ2n) is 4.54. The molecule has 1 saturated carbocycles. The maximum atomic E-state index is 11.9. The molecule has 0 amide bonds. The number of halogens is 3. The predicted molar refractivity (Wildman–Crippen MR) is 51.4 cm³/mol. The van der Waals surface area contributed by atoms with E-state index in [2.05, 4.69) is 6.92 Å². The van der Waals surface area contributed by atoms with Gasteiger partial charge in [0.05, 0.1) is 6.42 Å². The minimum atomic E-state index is -4.20. The summed E-state index contributed by atoms with van der Waals surface area (Å²) in [4.78, 5) is 11.5. The summed E-state index contributed by atoms with van der Waals surface area (Å²) >= 11 is 0. The summed E-state index contributed by atoms with van der Waals surface area (Å²) in [5.41, 5.74) is 0. The van der Waals surface area contributed by atoms with Crippen LogP contribution in [0.4, 0.5) is 13.2 Å². The molecule has 1 fully saturated rings. The van der Waals surface area contributed by atoms with Gasteiger partial charge >= 0.3 is 6.18 Å². The lowest BCUT2D eigenvalue weighted by Crippen LogP contribution is -2.22. The Kier molecular flexibility index (Phi) is 4.17. The third-order valence-corrected chi connectivity index (χ3v) is 3.13. The van der Waals surface area contributed by atoms with Crippen LogP contribution in [0.3, 0.4) is 0 Å². The molecule has 0 radical (unpaired) electrons. The van der Waals surface area contributed by atoms with E-state index in [1.165, 1.54) is 0 Å². The Bertz CT molecular complexity index is 214. The lowest BCUT2D eigenvalue weighted by molar-refractivity contribution is -0.145. The van der Waals surface area contributed by atoms with E-state index in [-0.39, 0.29) is 18.1 Å². The van der Waals surface area contributed by atoms with E-state index >= 15 is 0 Å². The van der Waals surface area contributed by atoms with E-state index in [0.29, 0.717) is 5.92 Å². The zero-order valence-electron chi connectivity index (χ0n) is 8.94. The van der Waals surface area contributed by atoms with Crippen molar-refractivity contribution in [3.05, 3.63) is 0 Å². The molecular weight excluding hydrogens is 205 g/mol. The maximum Gasteiger partial charge on any atom is 0.389 e. The molecule has 0 heterocycles. The molecule has 0 unspecified atom stereocenters. The molecule has 0 spiro atoms. The summed E-state index contributed by atoms with van der Waals surface area (Å²) in [5, 5.41) is 0. The van der Waals surface area contributed by atoms with Gasteiger partial charge < -0.3 is 0 Å². The molecule has 0 aromatic carbocycles. The Labute approximate surface area is 88.0 Å². The first-order valence-electron chi connectivity index (χ1n) is 5.48. The summed E-state index contributed by atoms with van der Waals surface area (Å²) in [7, 11) is 0. The number of carbonyl (C=O) groups is 1. The first kappa shape index (κ1) is 12.5. The van der Waals surface area contributed by atoms with E-state index < -0.39 is 12.6 Å². The van der Waals surface area contributed by atoms with Crippen LogP contribution in [0.1, 0.15) is 45.4 Å². The molecular formula is C11H17F3O. The van der Waals surface area contributed by atoms with Gasteiger partial charge in [0.1, 0.15) is 5.78 Å². The summed E-state index contributed by atoms with van der Waals surface area (Å²) in [6.45, 7) is 2.12. The molecule has 1 nitrogen and oxygen atoms in total. The van der Waals surface area contributed by atoms with Crippen LogP contribution >= 0.6 is 0 Å². The van der Waals surface area contributed by atoms with E-state index in [1.807, 2.05) is 0 Å². The zero-order chi connectivity index (χ0) is 11.5. The molecule has 0 aliphatic heterocycles. The topological polar surface area (TPSA) is 17.1 Å². The smallest absolute Gasteiger partial charge is 0.299 e. The third-order valence-electron chi connectivity index (χ3n) is 3.13. The number of alkyl halides is 3. The van der Waals surface area contributed by atoms with Gasteiger partial charge in [0.15, 0.2) is 0 Å². The Hall–Kier alpha value is -0.540. The first-order chi connectivity index (χ1) is 6.88. The monoisotopic (exact) mass is 222 g/mol. The third kappa shape index (κ3) is 4.67. The summed E-state index contributed by atoms with van der Waals surface area (Å²) < 4.78 is 35.7. The van der Waals surface area contributed by atoms with Gasteiger partial charge in [0, 0.05) is 12.3 Å². The molecule has 0 N–H and O–H groups in total. The number of Topliss-reactive ketones (excluding diaryl/α,β-unsaturated/α-hetero) is 1. The van der Waals surface area contributed by atoms with Crippen molar-refractivity contribution < 1.29 is 18.0 Å². The van der Waals surface area contributed by atoms with E-state index in [0.717, 1.165) is 25.7 Å². The van der Waals surface area contributed by atoms with E-state index in [9.17, 15) is 18.0 Å². The molecule has 1 aliphatic carbocycles. The van der Waals surface area contributed by atoms with Gasteiger partial charge in [-0.15, -0.1) is 0 Å². The molecule has 1 rings (SSSR count). The highest BCUT2D eigenvalue weighted by Crippen LogP contribution is 2.31. The van der Waals surface area contributed by atoms with Gasteiger partial charge in [-0.05, 0) is 18.8 Å². The van der Waals surface area contributed by atoms with Gasteiger partial charge in [0.2, 0.25) is 0 Å². The van der Waals surface area contributed by atoms with Crippen LogP contribution in [-0.2, 0) is 4.79 Å². The van der Waals surface area contributed by atoms with Gasteiger partial charge in [-0.2, -0.15) is 13.2 Å². The van der Waals surface area contributed by atoms with E-state index in [1.54, 1.807) is 0 Å². The van der Waals surface area contributed by atoms with Crippen molar-refractivity contribution in [2.24, 2.45) is 11.8 Å². The standard InChI is InChI=1S/C11H17F3O/c1-8-2-4-9(5-3-8)10(15)6-7-11(12,13)14/h8-9H,2-7H2,1H3. The normalized spacial score (nSPS) is 27.7. The minimum absolute atomic E-state index is 0.108. The number of rotatable bonds is 3. The fraction of sp³-hybridized carbons (Fsp3) is 0.909. The molecule has 4 heteroatoms. The summed E-state index contributed by atoms with van der Waals surface area (Å²) in [5.74, 6) is 0.319. The van der Waals surface area contributed by atoms with Gasteiger partial charge in [-0.1, -0.05) is 19.8 Å². The molecule has 0 saturated heterocycles. The molecule has 0 atom stereocenters. The first-order valence-corrected chi connectivity index (χ1v) is 5.48. The van der Waals surface area contributed by atoms with Crippen molar-refractivity contribution >= 4 is 5.78 Å². The van der Waals surface area contributed by atoms with Crippen LogP contribution in [0.25, 0.3) is 0 Å². The van der Waals surface area contributed by atoms with Crippen LogP contribution < -0.4 is 0 Å². The minimum Gasteiger partial charge on any atom is -0.299 e.